The fourth-order valence-corrected chi connectivity index (χ4v) is 3.82. The van der Waals surface area contributed by atoms with Crippen molar-refractivity contribution in [1.82, 2.24) is 4.90 Å². The average Bonchev–Trinajstić information content (AvgIpc) is 2.54. The lowest BCUT2D eigenvalue weighted by Crippen LogP contribution is -2.49. The van der Waals surface area contributed by atoms with Gasteiger partial charge in [-0.1, -0.05) is 33.6 Å². The second kappa shape index (κ2) is 6.98. The molecule has 3 rings (SSSR count). The van der Waals surface area contributed by atoms with Crippen LogP contribution in [0.25, 0.3) is 0 Å². The molecule has 1 heterocycles. The van der Waals surface area contributed by atoms with E-state index in [0.29, 0.717) is 0 Å². The molecule has 0 aromatic heterocycles. The molecule has 2 aromatic carbocycles. The minimum Gasteiger partial charge on any atom is -0.368 e. The quantitative estimate of drug-likeness (QED) is 0.766. The third kappa shape index (κ3) is 3.48. The number of amides is 1. The molecule has 0 radical (unpaired) electrons. The molecule has 3 nitrogen and oxygen atoms in total. The van der Waals surface area contributed by atoms with Crippen molar-refractivity contribution >= 4 is 27.5 Å². The maximum Gasteiger partial charge on any atom is 0.254 e. The first-order valence-electron chi connectivity index (χ1n) is 8.33. The van der Waals surface area contributed by atoms with E-state index >= 15 is 0 Å². The van der Waals surface area contributed by atoms with E-state index in [1.165, 1.54) is 16.8 Å². The number of hydrogen-bond donors (Lipinski definition) is 0. The molecule has 1 amide bonds. The fraction of sp³-hybridized carbons (Fsp3) is 0.350. The zero-order chi connectivity index (χ0) is 17.3. The van der Waals surface area contributed by atoms with Crippen molar-refractivity contribution < 1.29 is 4.79 Å². The lowest BCUT2D eigenvalue weighted by molar-refractivity contribution is 0.0746. The number of hydrogen-bond acceptors (Lipinski definition) is 2. The summed E-state index contributed by atoms with van der Waals surface area (Å²) in [6.45, 7) is 9.56. The molecule has 1 saturated heterocycles. The van der Waals surface area contributed by atoms with Crippen LogP contribution in [0.15, 0.2) is 40.9 Å². The zero-order valence-electron chi connectivity index (χ0n) is 14.5. The van der Waals surface area contributed by atoms with Crippen molar-refractivity contribution in [3.05, 3.63) is 63.1 Å². The van der Waals surface area contributed by atoms with Gasteiger partial charge in [0.25, 0.3) is 5.91 Å². The molecule has 24 heavy (non-hydrogen) atoms. The fourth-order valence-electron chi connectivity index (χ4n) is 3.35. The second-order valence-electron chi connectivity index (χ2n) is 6.53. The summed E-state index contributed by atoms with van der Waals surface area (Å²) in [7, 11) is 0. The van der Waals surface area contributed by atoms with Crippen LogP contribution >= 0.6 is 15.9 Å². The Morgan fingerprint density at radius 2 is 1.62 bits per heavy atom. The predicted octanol–water partition coefficient (Wildman–Crippen LogP) is 4.34. The van der Waals surface area contributed by atoms with Gasteiger partial charge in [0.1, 0.15) is 0 Å². The van der Waals surface area contributed by atoms with Crippen molar-refractivity contribution in [2.24, 2.45) is 0 Å². The summed E-state index contributed by atoms with van der Waals surface area (Å²) in [5, 5.41) is 0. The molecule has 0 unspecified atom stereocenters. The summed E-state index contributed by atoms with van der Waals surface area (Å²) in [4.78, 5) is 17.1. The van der Waals surface area contributed by atoms with Crippen LogP contribution in [0.4, 0.5) is 5.69 Å². The second-order valence-corrected chi connectivity index (χ2v) is 7.44. The van der Waals surface area contributed by atoms with Crippen LogP contribution < -0.4 is 4.90 Å². The van der Waals surface area contributed by atoms with Crippen molar-refractivity contribution in [3.8, 4) is 0 Å². The lowest BCUT2D eigenvalue weighted by atomic mass is 10.1. The highest BCUT2D eigenvalue weighted by Crippen LogP contribution is 2.23. The molecular formula is C20H23BrN2O. The van der Waals surface area contributed by atoms with Gasteiger partial charge in [0.05, 0.1) is 0 Å². The van der Waals surface area contributed by atoms with E-state index in [1.54, 1.807) is 0 Å². The monoisotopic (exact) mass is 386 g/mol. The summed E-state index contributed by atoms with van der Waals surface area (Å²) >= 11 is 3.46. The first-order valence-corrected chi connectivity index (χ1v) is 9.12. The average molecular weight is 387 g/mol. The molecule has 4 heteroatoms. The van der Waals surface area contributed by atoms with E-state index in [9.17, 15) is 4.79 Å². The van der Waals surface area contributed by atoms with E-state index in [1.807, 2.05) is 30.0 Å². The van der Waals surface area contributed by atoms with E-state index in [0.717, 1.165) is 41.8 Å². The first kappa shape index (κ1) is 17.0. The Bertz CT molecular complexity index is 764. The smallest absolute Gasteiger partial charge is 0.254 e. The van der Waals surface area contributed by atoms with Crippen LogP contribution in [0.1, 0.15) is 27.0 Å². The summed E-state index contributed by atoms with van der Waals surface area (Å²) < 4.78 is 1.01. The molecule has 0 spiro atoms. The van der Waals surface area contributed by atoms with Crippen LogP contribution in [0, 0.1) is 20.8 Å². The molecular weight excluding hydrogens is 364 g/mol. The standard InChI is InChI=1S/C20H23BrN2O/c1-14-4-7-19(16(3)12-14)22-8-10-23(11-9-22)20(24)18-6-5-17(21)13-15(18)2/h4-7,12-13H,8-11H2,1-3H3. The Kier molecular flexibility index (Phi) is 4.95. The van der Waals surface area contributed by atoms with Gasteiger partial charge < -0.3 is 9.80 Å². The number of carbonyl (C=O) groups excluding carboxylic acids is 1. The summed E-state index contributed by atoms with van der Waals surface area (Å²) in [6.07, 6.45) is 0. The Morgan fingerprint density at radius 3 is 2.25 bits per heavy atom. The molecule has 1 fully saturated rings. The van der Waals surface area contributed by atoms with Gasteiger partial charge in [-0.25, -0.2) is 0 Å². The minimum absolute atomic E-state index is 0.139. The van der Waals surface area contributed by atoms with Crippen LogP contribution in [0.5, 0.6) is 0 Å². The SMILES string of the molecule is Cc1ccc(N2CCN(C(=O)c3ccc(Br)cc3C)CC2)c(C)c1. The van der Waals surface area contributed by atoms with Crippen LogP contribution in [0.2, 0.25) is 0 Å². The largest absolute Gasteiger partial charge is 0.368 e. The van der Waals surface area contributed by atoms with Crippen LogP contribution in [-0.4, -0.2) is 37.0 Å². The third-order valence-electron chi connectivity index (χ3n) is 4.68. The Morgan fingerprint density at radius 1 is 0.917 bits per heavy atom. The predicted molar refractivity (Wildman–Crippen MR) is 103 cm³/mol. The first-order chi connectivity index (χ1) is 11.5. The third-order valence-corrected chi connectivity index (χ3v) is 5.17. The number of aryl methyl sites for hydroxylation is 3. The number of benzene rings is 2. The molecule has 1 aliphatic heterocycles. The van der Waals surface area contributed by atoms with Gasteiger partial charge in [-0.3, -0.25) is 4.79 Å². The normalized spacial score (nSPS) is 14.8. The highest BCUT2D eigenvalue weighted by molar-refractivity contribution is 9.10. The van der Waals surface area contributed by atoms with Gasteiger partial charge in [-0.15, -0.1) is 0 Å². The van der Waals surface area contributed by atoms with Crippen molar-refractivity contribution in [3.63, 3.8) is 0 Å². The Labute approximate surface area is 152 Å². The number of piperazine rings is 1. The number of halogens is 1. The van der Waals surface area contributed by atoms with E-state index in [4.69, 9.17) is 0 Å². The lowest BCUT2D eigenvalue weighted by Gasteiger charge is -2.37. The van der Waals surface area contributed by atoms with Crippen molar-refractivity contribution in [2.75, 3.05) is 31.1 Å². The minimum atomic E-state index is 0.139. The van der Waals surface area contributed by atoms with E-state index in [2.05, 4.69) is 52.9 Å². The maximum atomic E-state index is 12.8. The summed E-state index contributed by atoms with van der Waals surface area (Å²) in [6, 6.07) is 12.4. The van der Waals surface area contributed by atoms with Gasteiger partial charge >= 0.3 is 0 Å². The number of carbonyl (C=O) groups is 1. The van der Waals surface area contributed by atoms with E-state index in [-0.39, 0.29) is 5.91 Å². The van der Waals surface area contributed by atoms with Crippen molar-refractivity contribution in [2.45, 2.75) is 20.8 Å². The van der Waals surface area contributed by atoms with Gasteiger partial charge in [-0.2, -0.15) is 0 Å². The van der Waals surface area contributed by atoms with Crippen molar-refractivity contribution in [1.29, 1.82) is 0 Å². The number of rotatable bonds is 2. The molecule has 0 atom stereocenters. The Hall–Kier alpha value is -1.81. The van der Waals surface area contributed by atoms with Crippen LogP contribution in [0.3, 0.4) is 0 Å². The number of nitrogens with zero attached hydrogens (tertiary/aromatic N) is 2. The molecule has 0 bridgehead atoms. The molecule has 126 valence electrons. The van der Waals surface area contributed by atoms with Gasteiger partial charge in [0.15, 0.2) is 0 Å². The maximum absolute atomic E-state index is 12.8. The highest BCUT2D eigenvalue weighted by Gasteiger charge is 2.23. The highest BCUT2D eigenvalue weighted by atomic mass is 79.9. The van der Waals surface area contributed by atoms with Crippen LogP contribution in [-0.2, 0) is 0 Å². The van der Waals surface area contributed by atoms with Gasteiger partial charge in [0, 0.05) is 41.9 Å². The van der Waals surface area contributed by atoms with Gasteiger partial charge in [-0.05, 0) is 56.2 Å². The Balaban J connectivity index is 1.69. The molecule has 0 N–H and O–H groups in total. The zero-order valence-corrected chi connectivity index (χ0v) is 16.1. The molecule has 1 aliphatic rings. The summed E-state index contributed by atoms with van der Waals surface area (Å²) in [5.41, 5.74) is 5.70. The topological polar surface area (TPSA) is 23.6 Å². The molecule has 2 aromatic rings. The number of anilines is 1. The molecule has 0 aliphatic carbocycles. The van der Waals surface area contributed by atoms with Gasteiger partial charge in [0.2, 0.25) is 0 Å². The van der Waals surface area contributed by atoms with E-state index < -0.39 is 0 Å². The summed E-state index contributed by atoms with van der Waals surface area (Å²) in [5.74, 6) is 0.139. The molecule has 0 saturated carbocycles.